The number of methoxy groups -OCH3 is 1. The van der Waals surface area contributed by atoms with Gasteiger partial charge in [-0.1, -0.05) is 0 Å². The van der Waals surface area contributed by atoms with E-state index in [0.717, 1.165) is 28.1 Å². The molecule has 0 fully saturated rings. The van der Waals surface area contributed by atoms with Crippen molar-refractivity contribution in [3.8, 4) is 17.0 Å². The third-order valence-electron chi connectivity index (χ3n) is 3.29. The largest absolute Gasteiger partial charge is 0.496 e. The van der Waals surface area contributed by atoms with Gasteiger partial charge in [0.05, 0.1) is 25.4 Å². The molecule has 1 aromatic heterocycles. The summed E-state index contributed by atoms with van der Waals surface area (Å²) in [6, 6.07) is 3.95. The first kappa shape index (κ1) is 13.3. The van der Waals surface area contributed by atoms with Crippen LogP contribution in [0.4, 0.5) is 0 Å². The summed E-state index contributed by atoms with van der Waals surface area (Å²) in [5.41, 5.74) is 4.28. The van der Waals surface area contributed by atoms with Gasteiger partial charge in [0, 0.05) is 5.56 Å². The molecule has 0 saturated heterocycles. The minimum Gasteiger partial charge on any atom is -0.496 e. The molecule has 0 spiro atoms. The number of H-pyrrole nitrogens is 1. The molecule has 1 aromatic carbocycles. The normalized spacial score (nSPS) is 10.5. The summed E-state index contributed by atoms with van der Waals surface area (Å²) < 4.78 is 5.30. The number of nitrogens with zero attached hydrogens (tertiary/aromatic N) is 1. The lowest BCUT2D eigenvalue weighted by Crippen LogP contribution is -1.98. The van der Waals surface area contributed by atoms with Gasteiger partial charge < -0.3 is 9.72 Å². The van der Waals surface area contributed by atoms with Crippen molar-refractivity contribution in [2.24, 2.45) is 0 Å². The number of carbonyl (C=O) groups excluding carboxylic acids is 1. The van der Waals surface area contributed by atoms with Gasteiger partial charge in [-0.05, 0) is 44.0 Å². The summed E-state index contributed by atoms with van der Waals surface area (Å²) in [6.07, 6.45) is 2.11. The molecule has 0 unspecified atom stereocenters. The second-order valence-corrected chi connectivity index (χ2v) is 4.69. The van der Waals surface area contributed by atoms with Crippen LogP contribution in [0.5, 0.6) is 5.75 Å². The molecule has 4 nitrogen and oxygen atoms in total. The average molecular weight is 258 g/mol. The molecule has 0 atom stereocenters. The molecule has 100 valence electrons. The Hall–Kier alpha value is -2.10. The molecular formula is C15H18N2O2. The highest BCUT2D eigenvalue weighted by Gasteiger charge is 2.11. The van der Waals surface area contributed by atoms with Crippen LogP contribution in [0.15, 0.2) is 18.3 Å². The van der Waals surface area contributed by atoms with Crippen LogP contribution in [0.3, 0.4) is 0 Å². The molecule has 0 saturated carbocycles. The lowest BCUT2D eigenvalue weighted by molar-refractivity contribution is -0.116. The van der Waals surface area contributed by atoms with Gasteiger partial charge >= 0.3 is 0 Å². The summed E-state index contributed by atoms with van der Waals surface area (Å²) in [4.78, 5) is 18.5. The quantitative estimate of drug-likeness (QED) is 0.917. The fourth-order valence-corrected chi connectivity index (χ4v) is 2.13. The molecule has 0 radical (unpaired) electrons. The van der Waals surface area contributed by atoms with E-state index in [4.69, 9.17) is 4.74 Å². The molecule has 0 amide bonds. The predicted molar refractivity (Wildman–Crippen MR) is 74.4 cm³/mol. The number of hydrogen-bond acceptors (Lipinski definition) is 3. The van der Waals surface area contributed by atoms with Crippen LogP contribution < -0.4 is 4.74 Å². The van der Waals surface area contributed by atoms with Gasteiger partial charge in [-0.2, -0.15) is 0 Å². The fourth-order valence-electron chi connectivity index (χ4n) is 2.13. The number of nitrogens with one attached hydrogen (secondary N) is 1. The van der Waals surface area contributed by atoms with Gasteiger partial charge in [0.15, 0.2) is 0 Å². The molecular weight excluding hydrogens is 240 g/mol. The Bertz CT molecular complexity index is 615. The van der Waals surface area contributed by atoms with E-state index in [0.29, 0.717) is 12.2 Å². The smallest absolute Gasteiger partial charge is 0.137 e. The van der Waals surface area contributed by atoms with E-state index in [1.54, 1.807) is 20.2 Å². The van der Waals surface area contributed by atoms with Crippen molar-refractivity contribution in [1.29, 1.82) is 0 Å². The van der Waals surface area contributed by atoms with Crippen LogP contribution in [-0.4, -0.2) is 22.9 Å². The maximum absolute atomic E-state index is 11.1. The molecule has 0 aliphatic carbocycles. The highest BCUT2D eigenvalue weighted by Crippen LogP contribution is 2.30. The van der Waals surface area contributed by atoms with Crippen LogP contribution in [-0.2, 0) is 11.2 Å². The van der Waals surface area contributed by atoms with Crippen molar-refractivity contribution >= 4 is 5.78 Å². The van der Waals surface area contributed by atoms with Crippen molar-refractivity contribution < 1.29 is 9.53 Å². The van der Waals surface area contributed by atoms with Crippen LogP contribution in [0.1, 0.15) is 23.9 Å². The lowest BCUT2D eigenvalue weighted by atomic mass is 10.0. The highest BCUT2D eigenvalue weighted by molar-refractivity contribution is 5.77. The zero-order valence-electron chi connectivity index (χ0n) is 11.7. The Kier molecular flexibility index (Phi) is 3.69. The molecule has 2 rings (SSSR count). The Morgan fingerprint density at radius 2 is 2.05 bits per heavy atom. The number of aromatic nitrogens is 2. The summed E-state index contributed by atoms with van der Waals surface area (Å²) in [5, 5.41) is 0. The van der Waals surface area contributed by atoms with Crippen molar-refractivity contribution in [3.05, 3.63) is 35.3 Å². The maximum atomic E-state index is 11.1. The molecule has 1 N–H and O–H groups in total. The number of aromatic amines is 1. The molecule has 0 aliphatic rings. The summed E-state index contributed by atoms with van der Waals surface area (Å²) in [6.45, 7) is 5.65. The third kappa shape index (κ3) is 2.67. The molecule has 0 aliphatic heterocycles. The number of ether oxygens (including phenoxy) is 1. The number of imidazole rings is 1. The van der Waals surface area contributed by atoms with Gasteiger partial charge in [0.2, 0.25) is 0 Å². The molecule has 1 heterocycles. The number of hydrogen-bond donors (Lipinski definition) is 1. The van der Waals surface area contributed by atoms with E-state index < -0.39 is 0 Å². The van der Waals surface area contributed by atoms with Crippen molar-refractivity contribution in [3.63, 3.8) is 0 Å². The second-order valence-electron chi connectivity index (χ2n) is 4.69. The first-order valence-electron chi connectivity index (χ1n) is 6.20. The summed E-state index contributed by atoms with van der Waals surface area (Å²) >= 11 is 0. The number of rotatable bonds is 4. The monoisotopic (exact) mass is 258 g/mol. The maximum Gasteiger partial charge on any atom is 0.137 e. The highest BCUT2D eigenvalue weighted by atomic mass is 16.5. The van der Waals surface area contributed by atoms with Crippen molar-refractivity contribution in [2.75, 3.05) is 7.11 Å². The van der Waals surface area contributed by atoms with Crippen molar-refractivity contribution in [2.45, 2.75) is 27.2 Å². The van der Waals surface area contributed by atoms with Crippen LogP contribution >= 0.6 is 0 Å². The first-order valence-corrected chi connectivity index (χ1v) is 6.20. The first-order chi connectivity index (χ1) is 9.02. The Labute approximate surface area is 112 Å². The molecule has 2 aromatic rings. The van der Waals surface area contributed by atoms with E-state index in [9.17, 15) is 4.79 Å². The number of carbonyl (C=O) groups is 1. The predicted octanol–water partition coefficient (Wildman–Crippen LogP) is 2.83. The van der Waals surface area contributed by atoms with E-state index in [1.807, 2.05) is 19.1 Å². The zero-order chi connectivity index (χ0) is 14.0. The Balaban J connectivity index is 2.39. The molecule has 4 heteroatoms. The molecule has 19 heavy (non-hydrogen) atoms. The number of benzene rings is 1. The average Bonchev–Trinajstić information content (AvgIpc) is 2.80. The SMILES string of the molecule is COc1ccc(-c2cnc(CC(C)=O)[nH]2)c(C)c1C. The van der Waals surface area contributed by atoms with Crippen LogP contribution in [0.2, 0.25) is 0 Å². The van der Waals surface area contributed by atoms with E-state index in [-0.39, 0.29) is 5.78 Å². The second kappa shape index (κ2) is 5.26. The van der Waals surface area contributed by atoms with Gasteiger partial charge in [0.1, 0.15) is 17.4 Å². The topological polar surface area (TPSA) is 55.0 Å². The fraction of sp³-hybridized carbons (Fsp3) is 0.333. The summed E-state index contributed by atoms with van der Waals surface area (Å²) in [7, 11) is 1.67. The zero-order valence-corrected chi connectivity index (χ0v) is 11.7. The Morgan fingerprint density at radius 1 is 1.32 bits per heavy atom. The Morgan fingerprint density at radius 3 is 2.68 bits per heavy atom. The van der Waals surface area contributed by atoms with E-state index >= 15 is 0 Å². The minimum atomic E-state index is 0.100. The standard InChI is InChI=1S/C15H18N2O2/c1-9(18)7-15-16-8-13(17-15)12-5-6-14(19-4)11(3)10(12)2/h5-6,8H,7H2,1-4H3,(H,16,17). The van der Waals surface area contributed by atoms with Crippen LogP contribution in [0, 0.1) is 13.8 Å². The van der Waals surface area contributed by atoms with E-state index in [1.165, 1.54) is 0 Å². The van der Waals surface area contributed by atoms with Gasteiger partial charge in [-0.25, -0.2) is 4.98 Å². The van der Waals surface area contributed by atoms with Crippen LogP contribution in [0.25, 0.3) is 11.3 Å². The van der Waals surface area contributed by atoms with Gasteiger partial charge in [-0.15, -0.1) is 0 Å². The number of Topliss-reactive ketones (excluding diaryl/α,β-unsaturated/α-hetero) is 1. The lowest BCUT2D eigenvalue weighted by Gasteiger charge is -2.11. The van der Waals surface area contributed by atoms with Gasteiger partial charge in [0.25, 0.3) is 0 Å². The minimum absolute atomic E-state index is 0.100. The van der Waals surface area contributed by atoms with Gasteiger partial charge in [-0.3, -0.25) is 4.79 Å². The summed E-state index contributed by atoms with van der Waals surface area (Å²) in [5.74, 6) is 1.68. The van der Waals surface area contributed by atoms with E-state index in [2.05, 4.69) is 16.9 Å². The molecule has 0 bridgehead atoms. The van der Waals surface area contributed by atoms with Crippen molar-refractivity contribution in [1.82, 2.24) is 9.97 Å². The number of ketones is 1. The third-order valence-corrected chi connectivity index (χ3v) is 3.29.